The van der Waals surface area contributed by atoms with E-state index in [1.54, 1.807) is 27.8 Å². The molecule has 168 valence electrons. The molecule has 0 fully saturated rings. The molecular formula is C28H17FN4O2. The van der Waals surface area contributed by atoms with Gasteiger partial charge in [0.25, 0.3) is 11.3 Å². The van der Waals surface area contributed by atoms with Crippen molar-refractivity contribution in [3.05, 3.63) is 136 Å². The summed E-state index contributed by atoms with van der Waals surface area (Å²) in [6.07, 6.45) is 0. The van der Waals surface area contributed by atoms with Crippen molar-refractivity contribution in [2.45, 2.75) is 5.72 Å². The quantitative estimate of drug-likeness (QED) is 0.375. The molecule has 2 aliphatic heterocycles. The van der Waals surface area contributed by atoms with Crippen LogP contribution in [0.15, 0.2) is 113 Å². The van der Waals surface area contributed by atoms with Crippen LogP contribution in [0.2, 0.25) is 0 Å². The highest BCUT2D eigenvalue weighted by molar-refractivity contribution is 5.97. The lowest BCUT2D eigenvalue weighted by atomic mass is 10.0. The number of anilines is 1. The molecule has 1 unspecified atom stereocenters. The lowest BCUT2D eigenvalue weighted by molar-refractivity contribution is 0.116. The van der Waals surface area contributed by atoms with Crippen molar-refractivity contribution in [2.24, 2.45) is 5.10 Å². The Balaban J connectivity index is 1.56. The highest BCUT2D eigenvalue weighted by Crippen LogP contribution is 2.50. The van der Waals surface area contributed by atoms with Crippen LogP contribution in [0, 0.1) is 5.82 Å². The molecule has 3 heterocycles. The molecule has 5 aromatic rings. The second-order valence-electron chi connectivity index (χ2n) is 8.42. The first-order chi connectivity index (χ1) is 17.2. The molecule has 0 aliphatic carbocycles. The van der Waals surface area contributed by atoms with Gasteiger partial charge in [-0.05, 0) is 54.6 Å². The summed E-state index contributed by atoms with van der Waals surface area (Å²) in [6, 6.07) is 30.4. The van der Waals surface area contributed by atoms with Gasteiger partial charge in [0.1, 0.15) is 5.82 Å². The largest absolute Gasteiger partial charge is 0.435 e. The first-order valence-corrected chi connectivity index (χ1v) is 11.2. The van der Waals surface area contributed by atoms with Crippen molar-refractivity contribution in [3.63, 3.8) is 0 Å². The number of rotatable bonds is 2. The molecule has 4 aromatic carbocycles. The Labute approximate surface area is 199 Å². The second-order valence-corrected chi connectivity index (χ2v) is 8.42. The summed E-state index contributed by atoms with van der Waals surface area (Å²) in [5.74, 6) is 0.366. The first-order valence-electron chi connectivity index (χ1n) is 11.2. The van der Waals surface area contributed by atoms with Crippen molar-refractivity contribution in [3.8, 4) is 5.69 Å². The third kappa shape index (κ3) is 2.66. The molecule has 7 heteroatoms. The van der Waals surface area contributed by atoms with E-state index in [-0.39, 0.29) is 11.4 Å². The Morgan fingerprint density at radius 2 is 1.51 bits per heavy atom. The van der Waals surface area contributed by atoms with E-state index >= 15 is 0 Å². The topological polar surface area (TPSA) is 59.7 Å². The molecular weight excluding hydrogens is 443 g/mol. The summed E-state index contributed by atoms with van der Waals surface area (Å²) in [5.41, 5.74) is 1.86. The smallest absolute Gasteiger partial charge is 0.291 e. The second kappa shape index (κ2) is 7.11. The van der Waals surface area contributed by atoms with Crippen molar-refractivity contribution in [1.82, 2.24) is 9.55 Å². The Hall–Kier alpha value is -4.78. The number of hydrazone groups is 1. The molecule has 0 N–H and O–H groups in total. The molecule has 7 rings (SSSR count). The number of aromatic nitrogens is 2. The van der Waals surface area contributed by atoms with Gasteiger partial charge in [0, 0.05) is 5.56 Å². The van der Waals surface area contributed by atoms with Crippen LogP contribution >= 0.6 is 0 Å². The molecule has 0 bridgehead atoms. The van der Waals surface area contributed by atoms with E-state index in [4.69, 9.17) is 14.8 Å². The predicted octanol–water partition coefficient (Wildman–Crippen LogP) is 4.94. The lowest BCUT2D eigenvalue weighted by Crippen LogP contribution is -2.43. The van der Waals surface area contributed by atoms with E-state index in [2.05, 4.69) is 0 Å². The van der Waals surface area contributed by atoms with E-state index < -0.39 is 5.72 Å². The molecule has 2 aliphatic rings. The van der Waals surface area contributed by atoms with Gasteiger partial charge >= 0.3 is 0 Å². The number of ether oxygens (including phenoxy) is 1. The van der Waals surface area contributed by atoms with E-state index in [9.17, 15) is 9.18 Å². The molecule has 0 saturated carbocycles. The van der Waals surface area contributed by atoms with Crippen LogP contribution in [0.4, 0.5) is 10.1 Å². The van der Waals surface area contributed by atoms with Crippen molar-refractivity contribution >= 4 is 22.5 Å². The van der Waals surface area contributed by atoms with Crippen LogP contribution in [-0.4, -0.2) is 15.4 Å². The minimum atomic E-state index is -1.33. The van der Waals surface area contributed by atoms with Gasteiger partial charge in [-0.25, -0.2) is 14.4 Å². The fourth-order valence-electron chi connectivity index (χ4n) is 4.85. The van der Waals surface area contributed by atoms with Crippen LogP contribution in [-0.2, 0) is 10.5 Å². The summed E-state index contributed by atoms with van der Waals surface area (Å²) in [6.45, 7) is 0. The maximum atomic E-state index is 13.7. The normalized spacial score (nSPS) is 17.9. The molecule has 1 aromatic heterocycles. The van der Waals surface area contributed by atoms with Gasteiger partial charge < -0.3 is 4.74 Å². The summed E-state index contributed by atoms with van der Waals surface area (Å²) < 4.78 is 22.0. The molecule has 35 heavy (non-hydrogen) atoms. The number of hydrogen-bond donors (Lipinski definition) is 0. The molecule has 1 atom stereocenters. The average Bonchev–Trinajstić information content (AvgIpc) is 3.43. The monoisotopic (exact) mass is 460 g/mol. The summed E-state index contributed by atoms with van der Waals surface area (Å²) >= 11 is 0. The van der Waals surface area contributed by atoms with Gasteiger partial charge in [0.2, 0.25) is 5.90 Å². The number of para-hydroxylation sites is 3. The van der Waals surface area contributed by atoms with Gasteiger partial charge in [-0.1, -0.05) is 48.5 Å². The first kappa shape index (κ1) is 19.7. The third-order valence-corrected chi connectivity index (χ3v) is 6.41. The minimum Gasteiger partial charge on any atom is -0.435 e. The number of nitrogens with zero attached hydrogens (tertiary/aromatic N) is 4. The van der Waals surface area contributed by atoms with Gasteiger partial charge in [-0.2, -0.15) is 0 Å². The van der Waals surface area contributed by atoms with Crippen LogP contribution in [0.1, 0.15) is 17.0 Å². The van der Waals surface area contributed by atoms with Gasteiger partial charge in [-0.3, -0.25) is 9.36 Å². The summed E-state index contributed by atoms with van der Waals surface area (Å²) in [5, 5.41) is 7.13. The van der Waals surface area contributed by atoms with E-state index in [0.717, 1.165) is 11.3 Å². The van der Waals surface area contributed by atoms with Crippen molar-refractivity contribution < 1.29 is 9.13 Å². The minimum absolute atomic E-state index is 0.179. The van der Waals surface area contributed by atoms with Gasteiger partial charge in [0.05, 0.1) is 27.8 Å². The number of hydrogen-bond acceptors (Lipinski definition) is 5. The SMILES string of the molecule is O=c1c2ccccc2nc2n1-c1ccccc1C21OC(c2ccc(F)cc2)=NN1c1ccccc1. The van der Waals surface area contributed by atoms with Crippen LogP contribution < -0.4 is 10.6 Å². The zero-order valence-electron chi connectivity index (χ0n) is 18.3. The average molecular weight is 460 g/mol. The van der Waals surface area contributed by atoms with E-state index in [1.807, 2.05) is 72.8 Å². The highest BCUT2D eigenvalue weighted by atomic mass is 19.1. The zero-order chi connectivity index (χ0) is 23.6. The lowest BCUT2D eigenvalue weighted by Gasteiger charge is -2.32. The Morgan fingerprint density at radius 3 is 2.34 bits per heavy atom. The maximum Gasteiger partial charge on any atom is 0.291 e. The van der Waals surface area contributed by atoms with Gasteiger partial charge in [-0.15, -0.1) is 5.10 Å². The number of benzene rings is 4. The molecule has 0 radical (unpaired) electrons. The van der Waals surface area contributed by atoms with E-state index in [0.29, 0.717) is 33.9 Å². The Kier molecular flexibility index (Phi) is 3.99. The van der Waals surface area contributed by atoms with Gasteiger partial charge in [0.15, 0.2) is 5.82 Å². The Bertz CT molecular complexity index is 1710. The highest BCUT2D eigenvalue weighted by Gasteiger charge is 2.57. The predicted molar refractivity (Wildman–Crippen MR) is 131 cm³/mol. The van der Waals surface area contributed by atoms with Crippen molar-refractivity contribution in [2.75, 3.05) is 5.01 Å². The van der Waals surface area contributed by atoms with Crippen LogP contribution in [0.5, 0.6) is 0 Å². The van der Waals surface area contributed by atoms with Crippen molar-refractivity contribution in [1.29, 1.82) is 0 Å². The number of halogens is 1. The number of fused-ring (bicyclic) bond motifs is 6. The maximum absolute atomic E-state index is 13.7. The van der Waals surface area contributed by atoms with Crippen LogP contribution in [0.25, 0.3) is 16.6 Å². The Morgan fingerprint density at radius 1 is 0.800 bits per heavy atom. The fraction of sp³-hybridized carbons (Fsp3) is 0.0357. The molecule has 0 amide bonds. The molecule has 0 saturated heterocycles. The standard InChI is InChI=1S/C28H17FN4O2/c29-19-16-14-18(15-17-19)25-31-33(20-8-2-1-3-9-20)28(35-25)22-11-5-7-13-24(22)32-26(34)21-10-4-6-12-23(21)30-27(28)32/h1-17H. The third-order valence-electron chi connectivity index (χ3n) is 6.41. The fourth-order valence-corrected chi connectivity index (χ4v) is 4.85. The molecule has 1 spiro atoms. The van der Waals surface area contributed by atoms with Crippen LogP contribution in [0.3, 0.4) is 0 Å². The zero-order valence-corrected chi connectivity index (χ0v) is 18.3. The summed E-state index contributed by atoms with van der Waals surface area (Å²) in [4.78, 5) is 18.7. The summed E-state index contributed by atoms with van der Waals surface area (Å²) in [7, 11) is 0. The van der Waals surface area contributed by atoms with E-state index in [1.165, 1.54) is 12.1 Å². The molecule has 6 nitrogen and oxygen atoms in total.